The van der Waals surface area contributed by atoms with Gasteiger partial charge in [-0.3, -0.25) is 10.1 Å². The molecule has 2 aromatic carbocycles. The summed E-state index contributed by atoms with van der Waals surface area (Å²) in [4.78, 5) is 35.9. The summed E-state index contributed by atoms with van der Waals surface area (Å²) in [6, 6.07) is 13.0. The highest BCUT2D eigenvalue weighted by Crippen LogP contribution is 2.19. The number of imide groups is 1. The van der Waals surface area contributed by atoms with Crippen molar-refractivity contribution in [2.75, 3.05) is 7.05 Å². The lowest BCUT2D eigenvalue weighted by Gasteiger charge is -2.16. The van der Waals surface area contributed by atoms with Crippen LogP contribution in [0.1, 0.15) is 17.2 Å². The average Bonchev–Trinajstić information content (AvgIpc) is 2.71. The molecule has 0 aliphatic rings. The molecule has 0 spiro atoms. The van der Waals surface area contributed by atoms with Gasteiger partial charge < -0.3 is 14.8 Å². The van der Waals surface area contributed by atoms with Crippen molar-refractivity contribution in [1.82, 2.24) is 10.6 Å². The van der Waals surface area contributed by atoms with E-state index in [-0.39, 0.29) is 5.75 Å². The molecule has 1 atom stereocenters. The maximum Gasteiger partial charge on any atom is 0.387 e. The van der Waals surface area contributed by atoms with E-state index in [1.165, 1.54) is 37.4 Å². The zero-order valence-electron chi connectivity index (χ0n) is 15.3. The Kier molecular flexibility index (Phi) is 7.84. The fraction of sp³-hybridized carbons (Fsp3) is 0.150. The van der Waals surface area contributed by atoms with Crippen LogP contribution < -0.4 is 15.4 Å². The molecule has 2 aromatic rings. The molecule has 0 saturated heterocycles. The van der Waals surface area contributed by atoms with Crippen molar-refractivity contribution in [3.63, 3.8) is 0 Å². The third-order valence-corrected chi connectivity index (χ3v) is 3.56. The SMILES string of the molecule is CNC(=O)NC(=O)[C@H](OC(=O)/C=C\c1ccc(OC(F)F)cc1)c1ccccc1. The van der Waals surface area contributed by atoms with Gasteiger partial charge in [0.05, 0.1) is 0 Å². The van der Waals surface area contributed by atoms with Crippen LogP contribution in [0.2, 0.25) is 0 Å². The van der Waals surface area contributed by atoms with E-state index >= 15 is 0 Å². The van der Waals surface area contributed by atoms with Gasteiger partial charge in [-0.2, -0.15) is 8.78 Å². The van der Waals surface area contributed by atoms with Gasteiger partial charge in [0.15, 0.2) is 0 Å². The maximum absolute atomic E-state index is 12.3. The minimum absolute atomic E-state index is 0.0188. The fourth-order valence-corrected chi connectivity index (χ4v) is 2.22. The number of nitrogens with one attached hydrogen (secondary N) is 2. The summed E-state index contributed by atoms with van der Waals surface area (Å²) in [5.74, 6) is -1.67. The Hall–Kier alpha value is -3.75. The quantitative estimate of drug-likeness (QED) is 0.547. The molecular weight excluding hydrogens is 386 g/mol. The lowest BCUT2D eigenvalue weighted by molar-refractivity contribution is -0.151. The van der Waals surface area contributed by atoms with E-state index in [9.17, 15) is 23.2 Å². The molecule has 0 aromatic heterocycles. The highest BCUT2D eigenvalue weighted by Gasteiger charge is 2.25. The van der Waals surface area contributed by atoms with Gasteiger partial charge in [-0.25, -0.2) is 9.59 Å². The summed E-state index contributed by atoms with van der Waals surface area (Å²) in [5.41, 5.74) is 0.902. The smallest absolute Gasteiger partial charge is 0.387 e. The van der Waals surface area contributed by atoms with E-state index in [1.54, 1.807) is 30.3 Å². The van der Waals surface area contributed by atoms with Crippen LogP contribution in [0.4, 0.5) is 13.6 Å². The first-order valence-corrected chi connectivity index (χ1v) is 8.40. The third-order valence-electron chi connectivity index (χ3n) is 3.56. The van der Waals surface area contributed by atoms with E-state index < -0.39 is 30.6 Å². The zero-order chi connectivity index (χ0) is 21.2. The van der Waals surface area contributed by atoms with E-state index in [4.69, 9.17) is 4.74 Å². The largest absolute Gasteiger partial charge is 0.444 e. The number of urea groups is 1. The topological polar surface area (TPSA) is 93.7 Å². The molecule has 152 valence electrons. The van der Waals surface area contributed by atoms with Gasteiger partial charge in [-0.15, -0.1) is 0 Å². The number of ether oxygens (including phenoxy) is 2. The zero-order valence-corrected chi connectivity index (χ0v) is 15.3. The second-order valence-electron chi connectivity index (χ2n) is 5.58. The van der Waals surface area contributed by atoms with Crippen molar-refractivity contribution >= 4 is 24.0 Å². The minimum atomic E-state index is -2.93. The Morgan fingerprint density at radius 3 is 2.24 bits per heavy atom. The van der Waals surface area contributed by atoms with Crippen LogP contribution in [0, 0.1) is 0 Å². The van der Waals surface area contributed by atoms with Gasteiger partial charge in [-0.05, 0) is 23.8 Å². The van der Waals surface area contributed by atoms with Gasteiger partial charge in [0.25, 0.3) is 5.91 Å². The Labute approximate surface area is 165 Å². The number of esters is 1. The summed E-state index contributed by atoms with van der Waals surface area (Å²) in [7, 11) is 1.34. The Morgan fingerprint density at radius 2 is 1.66 bits per heavy atom. The average molecular weight is 404 g/mol. The minimum Gasteiger partial charge on any atom is -0.444 e. The molecule has 29 heavy (non-hydrogen) atoms. The maximum atomic E-state index is 12.3. The van der Waals surface area contributed by atoms with Crippen molar-refractivity contribution in [2.45, 2.75) is 12.7 Å². The molecule has 0 bridgehead atoms. The summed E-state index contributed by atoms with van der Waals surface area (Å²) >= 11 is 0. The van der Waals surface area contributed by atoms with E-state index in [2.05, 4.69) is 15.4 Å². The second-order valence-corrected chi connectivity index (χ2v) is 5.58. The molecule has 2 N–H and O–H groups in total. The Balaban J connectivity index is 2.08. The predicted octanol–water partition coefficient (Wildman–Crippen LogP) is 3.04. The Bertz CT molecular complexity index is 870. The number of hydrogen-bond donors (Lipinski definition) is 2. The molecule has 0 fully saturated rings. The summed E-state index contributed by atoms with van der Waals surface area (Å²) in [5, 5.41) is 4.30. The van der Waals surface area contributed by atoms with Crippen molar-refractivity contribution in [1.29, 1.82) is 0 Å². The lowest BCUT2D eigenvalue weighted by atomic mass is 10.1. The standard InChI is InChI=1S/C20H18F2N2O5/c1-23-20(27)24-18(26)17(14-5-3-2-4-6-14)29-16(25)12-9-13-7-10-15(11-8-13)28-19(21)22/h2-12,17,19H,1H3,(H2,23,24,26,27)/b12-9-/t17-/m1/s1. The van der Waals surface area contributed by atoms with Crippen molar-refractivity contribution in [3.05, 3.63) is 71.8 Å². The van der Waals surface area contributed by atoms with Crippen LogP contribution in [0.5, 0.6) is 5.75 Å². The van der Waals surface area contributed by atoms with Crippen LogP contribution in [0.15, 0.2) is 60.7 Å². The molecule has 0 saturated carbocycles. The number of carbonyl (C=O) groups is 3. The number of halogens is 2. The normalized spacial score (nSPS) is 11.7. The van der Waals surface area contributed by atoms with Crippen molar-refractivity contribution < 1.29 is 32.6 Å². The van der Waals surface area contributed by atoms with Gasteiger partial charge >= 0.3 is 18.6 Å². The van der Waals surface area contributed by atoms with Crippen LogP contribution in [-0.4, -0.2) is 31.6 Å². The molecule has 9 heteroatoms. The van der Waals surface area contributed by atoms with Gasteiger partial charge in [0.2, 0.25) is 6.10 Å². The number of rotatable bonds is 7. The molecule has 0 heterocycles. The number of alkyl halides is 2. The third kappa shape index (κ3) is 7.06. The van der Waals surface area contributed by atoms with Gasteiger partial charge in [0.1, 0.15) is 5.75 Å². The fourth-order valence-electron chi connectivity index (χ4n) is 2.22. The number of amides is 3. The highest BCUT2D eigenvalue weighted by atomic mass is 19.3. The molecule has 2 rings (SSSR count). The van der Waals surface area contributed by atoms with Gasteiger partial charge in [0, 0.05) is 18.7 Å². The van der Waals surface area contributed by atoms with Gasteiger partial charge in [-0.1, -0.05) is 42.5 Å². The highest BCUT2D eigenvalue weighted by molar-refractivity contribution is 5.98. The monoisotopic (exact) mass is 404 g/mol. The summed E-state index contributed by atoms with van der Waals surface area (Å²) < 4.78 is 33.7. The lowest BCUT2D eigenvalue weighted by Crippen LogP contribution is -2.41. The molecule has 0 aliphatic heterocycles. The second kappa shape index (κ2) is 10.5. The van der Waals surface area contributed by atoms with E-state index in [0.717, 1.165) is 6.08 Å². The molecule has 0 aliphatic carbocycles. The first-order valence-electron chi connectivity index (χ1n) is 8.40. The molecule has 0 unspecified atom stereocenters. The van der Waals surface area contributed by atoms with Crippen LogP contribution in [0.3, 0.4) is 0 Å². The van der Waals surface area contributed by atoms with E-state index in [0.29, 0.717) is 11.1 Å². The molecular formula is C20H18F2N2O5. The number of carbonyl (C=O) groups excluding carboxylic acids is 3. The molecule has 7 nitrogen and oxygen atoms in total. The predicted molar refractivity (Wildman–Crippen MR) is 100.0 cm³/mol. The van der Waals surface area contributed by atoms with Crippen molar-refractivity contribution in [2.24, 2.45) is 0 Å². The van der Waals surface area contributed by atoms with Crippen LogP contribution >= 0.6 is 0 Å². The van der Waals surface area contributed by atoms with Crippen LogP contribution in [0.25, 0.3) is 6.08 Å². The Morgan fingerprint density at radius 1 is 1.00 bits per heavy atom. The first-order chi connectivity index (χ1) is 13.9. The number of hydrogen-bond acceptors (Lipinski definition) is 5. The van der Waals surface area contributed by atoms with Crippen molar-refractivity contribution in [3.8, 4) is 5.75 Å². The molecule has 0 radical (unpaired) electrons. The molecule has 3 amide bonds. The summed E-state index contributed by atoms with van der Waals surface area (Å²) in [6.07, 6.45) is 1.12. The number of benzene rings is 2. The van der Waals surface area contributed by atoms with Crippen LogP contribution in [-0.2, 0) is 14.3 Å². The van der Waals surface area contributed by atoms with E-state index in [1.807, 2.05) is 0 Å². The first kappa shape index (κ1) is 21.5. The summed E-state index contributed by atoms with van der Waals surface area (Å²) in [6.45, 7) is -2.93.